The van der Waals surface area contributed by atoms with Crippen LogP contribution < -0.4 is 11.1 Å². The van der Waals surface area contributed by atoms with Crippen LogP contribution in [0.2, 0.25) is 5.02 Å². The van der Waals surface area contributed by atoms with E-state index in [1.54, 1.807) is 18.2 Å². The number of hydrogen-bond donors (Lipinski definition) is 2. The van der Waals surface area contributed by atoms with Crippen molar-refractivity contribution in [2.45, 2.75) is 0 Å². The minimum Gasteiger partial charge on any atom is -0.399 e. The van der Waals surface area contributed by atoms with Gasteiger partial charge in [-0.15, -0.1) is 0 Å². The topological polar surface area (TPSA) is 55.1 Å². The van der Waals surface area contributed by atoms with Crippen LogP contribution in [-0.4, -0.2) is 5.91 Å². The van der Waals surface area contributed by atoms with E-state index in [0.717, 1.165) is 9.26 Å². The lowest BCUT2D eigenvalue weighted by atomic mass is 10.2. The number of carbonyl (C=O) groups is 1. The van der Waals surface area contributed by atoms with Gasteiger partial charge in [0, 0.05) is 9.26 Å². The average Bonchev–Trinajstić information content (AvgIpc) is 2.35. The molecule has 2 rings (SSSR count). The molecule has 0 atom stereocenters. The number of benzene rings is 2. The Morgan fingerprint density at radius 3 is 2.67 bits per heavy atom. The molecule has 0 aromatic heterocycles. The number of rotatable bonds is 2. The molecular formula is C13H10ClIN2O. The van der Waals surface area contributed by atoms with Crippen molar-refractivity contribution in [2.24, 2.45) is 0 Å². The number of para-hydroxylation sites is 1. The molecule has 0 aliphatic rings. The Morgan fingerprint density at radius 1 is 1.22 bits per heavy atom. The largest absolute Gasteiger partial charge is 0.399 e. The second-order valence-corrected chi connectivity index (χ2v) is 5.24. The van der Waals surface area contributed by atoms with E-state index in [1.807, 2.05) is 24.3 Å². The number of anilines is 2. The van der Waals surface area contributed by atoms with Crippen LogP contribution in [0.25, 0.3) is 0 Å². The lowest BCUT2D eigenvalue weighted by Gasteiger charge is -2.08. The summed E-state index contributed by atoms with van der Waals surface area (Å²) in [6, 6.07) is 12.3. The van der Waals surface area contributed by atoms with Gasteiger partial charge < -0.3 is 11.1 Å². The van der Waals surface area contributed by atoms with Gasteiger partial charge in [-0.3, -0.25) is 4.79 Å². The van der Waals surface area contributed by atoms with E-state index in [-0.39, 0.29) is 5.91 Å². The fraction of sp³-hybridized carbons (Fsp3) is 0. The molecule has 92 valence electrons. The molecule has 0 aliphatic carbocycles. The lowest BCUT2D eigenvalue weighted by Crippen LogP contribution is -2.13. The predicted molar refractivity (Wildman–Crippen MR) is 83.0 cm³/mol. The predicted octanol–water partition coefficient (Wildman–Crippen LogP) is 3.78. The standard InChI is InChI=1S/C13H10ClIN2O/c14-10-6-5-8(16)7-9(10)13(18)17-12-4-2-1-3-11(12)15/h1-7H,16H2,(H,17,18). The van der Waals surface area contributed by atoms with Gasteiger partial charge >= 0.3 is 0 Å². The summed E-state index contributed by atoms with van der Waals surface area (Å²) in [7, 11) is 0. The third-order valence-corrected chi connectivity index (χ3v) is 3.63. The van der Waals surface area contributed by atoms with E-state index >= 15 is 0 Å². The van der Waals surface area contributed by atoms with Gasteiger partial charge in [-0.2, -0.15) is 0 Å². The van der Waals surface area contributed by atoms with Crippen LogP contribution in [0.1, 0.15) is 10.4 Å². The van der Waals surface area contributed by atoms with E-state index in [9.17, 15) is 4.79 Å². The van der Waals surface area contributed by atoms with Crippen LogP contribution in [0.15, 0.2) is 42.5 Å². The van der Waals surface area contributed by atoms with Crippen molar-refractivity contribution in [1.29, 1.82) is 0 Å². The number of hydrogen-bond acceptors (Lipinski definition) is 2. The first-order valence-electron chi connectivity index (χ1n) is 5.19. The molecule has 3 N–H and O–H groups in total. The summed E-state index contributed by atoms with van der Waals surface area (Å²) < 4.78 is 0.962. The van der Waals surface area contributed by atoms with Gasteiger partial charge in [-0.05, 0) is 52.9 Å². The summed E-state index contributed by atoms with van der Waals surface area (Å²) >= 11 is 8.13. The van der Waals surface area contributed by atoms with Gasteiger partial charge in [0.15, 0.2) is 0 Å². The molecule has 0 saturated carbocycles. The molecule has 0 radical (unpaired) electrons. The van der Waals surface area contributed by atoms with Gasteiger partial charge in [-0.1, -0.05) is 23.7 Å². The molecule has 2 aromatic rings. The molecule has 3 nitrogen and oxygen atoms in total. The molecule has 0 unspecified atom stereocenters. The number of halogens is 2. The second-order valence-electron chi connectivity index (χ2n) is 3.67. The van der Waals surface area contributed by atoms with Crippen molar-refractivity contribution >= 4 is 51.5 Å². The summed E-state index contributed by atoms with van der Waals surface area (Å²) in [5, 5.41) is 3.19. The van der Waals surface area contributed by atoms with Crippen LogP contribution in [0.5, 0.6) is 0 Å². The van der Waals surface area contributed by atoms with Crippen LogP contribution >= 0.6 is 34.2 Å². The fourth-order valence-electron chi connectivity index (χ4n) is 1.47. The third-order valence-electron chi connectivity index (χ3n) is 2.36. The number of nitrogen functional groups attached to an aromatic ring is 1. The Bertz CT molecular complexity index is 601. The molecule has 0 bridgehead atoms. The molecule has 2 aromatic carbocycles. The normalized spacial score (nSPS) is 10.1. The van der Waals surface area contributed by atoms with Crippen molar-refractivity contribution in [3.05, 3.63) is 56.6 Å². The smallest absolute Gasteiger partial charge is 0.257 e. The molecule has 5 heteroatoms. The highest BCUT2D eigenvalue weighted by Gasteiger charge is 2.12. The first-order valence-corrected chi connectivity index (χ1v) is 6.64. The van der Waals surface area contributed by atoms with Crippen molar-refractivity contribution < 1.29 is 4.79 Å². The minimum absolute atomic E-state index is 0.267. The molecular weight excluding hydrogens is 363 g/mol. The fourth-order valence-corrected chi connectivity index (χ4v) is 2.19. The monoisotopic (exact) mass is 372 g/mol. The zero-order valence-electron chi connectivity index (χ0n) is 9.28. The van der Waals surface area contributed by atoms with E-state index in [2.05, 4.69) is 27.9 Å². The molecule has 0 heterocycles. The SMILES string of the molecule is Nc1ccc(Cl)c(C(=O)Nc2ccccc2I)c1. The number of nitrogens with one attached hydrogen (secondary N) is 1. The summed E-state index contributed by atoms with van der Waals surface area (Å²) in [4.78, 5) is 12.1. The maximum atomic E-state index is 12.1. The molecule has 1 amide bonds. The zero-order valence-corrected chi connectivity index (χ0v) is 12.2. The Morgan fingerprint density at radius 2 is 1.94 bits per heavy atom. The number of carbonyl (C=O) groups excluding carboxylic acids is 1. The second kappa shape index (κ2) is 5.58. The maximum absolute atomic E-state index is 12.1. The van der Waals surface area contributed by atoms with Crippen molar-refractivity contribution in [2.75, 3.05) is 11.1 Å². The lowest BCUT2D eigenvalue weighted by molar-refractivity contribution is 0.102. The first kappa shape index (κ1) is 13.2. The average molecular weight is 373 g/mol. The highest BCUT2D eigenvalue weighted by atomic mass is 127. The first-order chi connectivity index (χ1) is 8.58. The van der Waals surface area contributed by atoms with Crippen LogP contribution in [0.3, 0.4) is 0 Å². The van der Waals surface area contributed by atoms with Crippen molar-refractivity contribution in [1.82, 2.24) is 0 Å². The van der Waals surface area contributed by atoms with E-state index in [4.69, 9.17) is 17.3 Å². The molecule has 0 spiro atoms. The molecule has 0 fully saturated rings. The zero-order chi connectivity index (χ0) is 13.1. The van der Waals surface area contributed by atoms with Gasteiger partial charge in [0.1, 0.15) is 0 Å². The summed E-state index contributed by atoms with van der Waals surface area (Å²) in [5.41, 5.74) is 7.28. The van der Waals surface area contributed by atoms with Gasteiger partial charge in [0.2, 0.25) is 0 Å². The summed E-state index contributed by atoms with van der Waals surface area (Å²) in [6.45, 7) is 0. The Labute approximate surface area is 123 Å². The quantitative estimate of drug-likeness (QED) is 0.623. The Balaban J connectivity index is 2.28. The third kappa shape index (κ3) is 2.94. The Kier molecular flexibility index (Phi) is 4.08. The van der Waals surface area contributed by atoms with Crippen molar-refractivity contribution in [3.8, 4) is 0 Å². The molecule has 0 saturated heterocycles. The Hall–Kier alpha value is -1.27. The van der Waals surface area contributed by atoms with Gasteiger partial charge in [-0.25, -0.2) is 0 Å². The summed E-state index contributed by atoms with van der Waals surface area (Å²) in [6.07, 6.45) is 0. The maximum Gasteiger partial charge on any atom is 0.257 e. The van der Waals surface area contributed by atoms with Gasteiger partial charge in [0.25, 0.3) is 5.91 Å². The molecule has 18 heavy (non-hydrogen) atoms. The van der Waals surface area contributed by atoms with Crippen LogP contribution in [-0.2, 0) is 0 Å². The van der Waals surface area contributed by atoms with E-state index in [0.29, 0.717) is 16.3 Å². The highest BCUT2D eigenvalue weighted by molar-refractivity contribution is 14.1. The van der Waals surface area contributed by atoms with Crippen LogP contribution in [0, 0.1) is 3.57 Å². The highest BCUT2D eigenvalue weighted by Crippen LogP contribution is 2.22. The van der Waals surface area contributed by atoms with E-state index in [1.165, 1.54) is 0 Å². The number of amides is 1. The van der Waals surface area contributed by atoms with Crippen LogP contribution in [0.4, 0.5) is 11.4 Å². The van der Waals surface area contributed by atoms with E-state index < -0.39 is 0 Å². The molecule has 0 aliphatic heterocycles. The minimum atomic E-state index is -0.267. The number of nitrogens with two attached hydrogens (primary N) is 1. The van der Waals surface area contributed by atoms with Gasteiger partial charge in [0.05, 0.1) is 16.3 Å². The summed E-state index contributed by atoms with van der Waals surface area (Å²) in [5.74, 6) is -0.267. The van der Waals surface area contributed by atoms with Crippen molar-refractivity contribution in [3.63, 3.8) is 0 Å².